The molecule has 0 saturated carbocycles. The molecule has 148 valence electrons. The van der Waals surface area contributed by atoms with E-state index >= 15 is 0 Å². The third-order valence-electron chi connectivity index (χ3n) is 5.04. The van der Waals surface area contributed by atoms with E-state index in [0.717, 1.165) is 12.8 Å². The Balaban J connectivity index is 1.79. The van der Waals surface area contributed by atoms with Crippen LogP contribution in [0.4, 0.5) is 0 Å². The molecule has 27 heavy (non-hydrogen) atoms. The Morgan fingerprint density at radius 3 is 2.81 bits per heavy atom. The highest BCUT2D eigenvalue weighted by Crippen LogP contribution is 2.26. The van der Waals surface area contributed by atoms with Crippen molar-refractivity contribution in [3.8, 4) is 5.75 Å². The highest BCUT2D eigenvalue weighted by atomic mass is 16.5. The number of carbonyl (C=O) groups excluding carboxylic acids is 1. The molecule has 2 saturated heterocycles. The molecule has 2 bridgehead atoms. The minimum absolute atomic E-state index is 0.00819. The summed E-state index contributed by atoms with van der Waals surface area (Å²) in [6.45, 7) is 5.36. The van der Waals surface area contributed by atoms with Gasteiger partial charge in [0.1, 0.15) is 5.75 Å². The first kappa shape index (κ1) is 19.6. The molecule has 0 unspecified atom stereocenters. The molecule has 0 aromatic heterocycles. The van der Waals surface area contributed by atoms with Crippen molar-refractivity contribution in [2.75, 3.05) is 46.0 Å². The number of ether oxygens (including phenoxy) is 2. The summed E-state index contributed by atoms with van der Waals surface area (Å²) in [4.78, 5) is 28.2. The van der Waals surface area contributed by atoms with Crippen LogP contribution < -0.4 is 4.74 Å². The van der Waals surface area contributed by atoms with E-state index in [1.54, 1.807) is 6.07 Å². The van der Waals surface area contributed by atoms with Crippen molar-refractivity contribution in [3.63, 3.8) is 0 Å². The number of carboxylic acids is 1. The molecule has 3 rings (SSSR count). The molecule has 0 aliphatic carbocycles. The molecule has 2 aliphatic rings. The summed E-state index contributed by atoms with van der Waals surface area (Å²) >= 11 is 0. The molecule has 1 amide bonds. The Morgan fingerprint density at radius 2 is 2.04 bits per heavy atom. The number of nitrogens with zero attached hydrogens (tertiary/aromatic N) is 2. The molecule has 2 fully saturated rings. The number of benzene rings is 1. The monoisotopic (exact) mass is 376 g/mol. The normalized spacial score (nSPS) is 22.9. The summed E-state index contributed by atoms with van der Waals surface area (Å²) in [7, 11) is 0. The van der Waals surface area contributed by atoms with Gasteiger partial charge >= 0.3 is 5.97 Å². The van der Waals surface area contributed by atoms with E-state index in [1.807, 2.05) is 28.0 Å². The first-order valence-corrected chi connectivity index (χ1v) is 9.63. The maximum absolute atomic E-state index is 13.3. The van der Waals surface area contributed by atoms with Crippen LogP contribution in [-0.4, -0.2) is 78.8 Å². The van der Waals surface area contributed by atoms with Crippen LogP contribution in [0.3, 0.4) is 0 Å². The average Bonchev–Trinajstić information content (AvgIpc) is 2.92. The number of hydrogen-bond acceptors (Lipinski definition) is 5. The molecular formula is C20H28N2O5. The third-order valence-corrected chi connectivity index (χ3v) is 5.04. The zero-order valence-electron chi connectivity index (χ0n) is 15.8. The second kappa shape index (κ2) is 9.19. The molecule has 0 radical (unpaired) electrons. The van der Waals surface area contributed by atoms with E-state index in [4.69, 9.17) is 14.6 Å². The predicted octanol–water partition coefficient (Wildman–Crippen LogP) is 1.72. The molecule has 7 nitrogen and oxygen atoms in total. The van der Waals surface area contributed by atoms with Crippen LogP contribution in [0.15, 0.2) is 24.3 Å². The first-order chi connectivity index (χ1) is 13.1. The van der Waals surface area contributed by atoms with E-state index in [9.17, 15) is 9.59 Å². The van der Waals surface area contributed by atoms with Gasteiger partial charge in [-0.1, -0.05) is 25.5 Å². The SMILES string of the molecule is CCCCOc1ccccc1C(=O)N1C[C@H]2COC[C@@H]1CN(CC(=O)O)C2. The maximum Gasteiger partial charge on any atom is 0.317 e. The molecule has 1 aromatic carbocycles. The van der Waals surface area contributed by atoms with E-state index in [0.29, 0.717) is 50.8 Å². The van der Waals surface area contributed by atoms with Gasteiger partial charge in [-0.3, -0.25) is 14.5 Å². The summed E-state index contributed by atoms with van der Waals surface area (Å²) in [6.07, 6.45) is 1.97. The van der Waals surface area contributed by atoms with Gasteiger partial charge in [0.25, 0.3) is 5.91 Å². The Hall–Kier alpha value is -2.12. The van der Waals surface area contributed by atoms with Gasteiger partial charge in [-0.25, -0.2) is 0 Å². The van der Waals surface area contributed by atoms with Crippen molar-refractivity contribution in [2.45, 2.75) is 25.8 Å². The number of unbranched alkanes of at least 4 members (excludes halogenated alkanes) is 1. The minimum atomic E-state index is -0.844. The van der Waals surface area contributed by atoms with Gasteiger partial charge in [-0.2, -0.15) is 0 Å². The van der Waals surface area contributed by atoms with Gasteiger partial charge in [0.05, 0.1) is 38.0 Å². The largest absolute Gasteiger partial charge is 0.493 e. The molecule has 7 heteroatoms. The Morgan fingerprint density at radius 1 is 1.22 bits per heavy atom. The van der Waals surface area contributed by atoms with Crippen LogP contribution >= 0.6 is 0 Å². The lowest BCUT2D eigenvalue weighted by Gasteiger charge is -2.31. The van der Waals surface area contributed by atoms with Gasteiger partial charge in [-0.05, 0) is 18.6 Å². The van der Waals surface area contributed by atoms with E-state index in [2.05, 4.69) is 6.92 Å². The lowest BCUT2D eigenvalue weighted by molar-refractivity contribution is -0.138. The molecule has 1 N–H and O–H groups in total. The lowest BCUT2D eigenvalue weighted by atomic mass is 10.1. The highest BCUT2D eigenvalue weighted by Gasteiger charge is 2.37. The number of rotatable bonds is 7. The summed E-state index contributed by atoms with van der Waals surface area (Å²) in [5.41, 5.74) is 0.561. The molecule has 1 aromatic rings. The first-order valence-electron chi connectivity index (χ1n) is 9.63. The second-order valence-electron chi connectivity index (χ2n) is 7.30. The fraction of sp³-hybridized carbons (Fsp3) is 0.600. The Bertz CT molecular complexity index is 666. The van der Waals surface area contributed by atoms with Crippen molar-refractivity contribution in [3.05, 3.63) is 29.8 Å². The van der Waals surface area contributed by atoms with Crippen LogP contribution in [0.1, 0.15) is 30.1 Å². The van der Waals surface area contributed by atoms with Gasteiger partial charge < -0.3 is 19.5 Å². The topological polar surface area (TPSA) is 79.3 Å². The quantitative estimate of drug-likeness (QED) is 0.730. The number of aliphatic carboxylic acids is 1. The molecular weight excluding hydrogens is 348 g/mol. The van der Waals surface area contributed by atoms with Crippen LogP contribution in [0, 0.1) is 5.92 Å². The van der Waals surface area contributed by atoms with Crippen LogP contribution in [0.25, 0.3) is 0 Å². The van der Waals surface area contributed by atoms with Gasteiger partial charge in [-0.15, -0.1) is 0 Å². The maximum atomic E-state index is 13.3. The van der Waals surface area contributed by atoms with E-state index in [1.165, 1.54) is 0 Å². The average molecular weight is 376 g/mol. The minimum Gasteiger partial charge on any atom is -0.493 e. The summed E-state index contributed by atoms with van der Waals surface area (Å²) < 4.78 is 11.6. The van der Waals surface area contributed by atoms with Gasteiger partial charge in [0, 0.05) is 25.6 Å². The van der Waals surface area contributed by atoms with Gasteiger partial charge in [0.2, 0.25) is 0 Å². The third kappa shape index (κ3) is 4.99. The van der Waals surface area contributed by atoms with Crippen LogP contribution in [-0.2, 0) is 9.53 Å². The Labute approximate surface area is 159 Å². The number of hydrogen-bond donors (Lipinski definition) is 1. The van der Waals surface area contributed by atoms with Crippen molar-refractivity contribution >= 4 is 11.9 Å². The zero-order valence-corrected chi connectivity index (χ0v) is 15.8. The number of amides is 1. The fourth-order valence-electron chi connectivity index (χ4n) is 3.76. The predicted molar refractivity (Wildman–Crippen MR) is 100 cm³/mol. The highest BCUT2D eigenvalue weighted by molar-refractivity contribution is 5.97. The van der Waals surface area contributed by atoms with Crippen LogP contribution in [0.2, 0.25) is 0 Å². The lowest BCUT2D eigenvalue weighted by Crippen LogP contribution is -2.47. The van der Waals surface area contributed by atoms with Crippen molar-refractivity contribution in [1.29, 1.82) is 0 Å². The smallest absolute Gasteiger partial charge is 0.317 e. The molecule has 0 spiro atoms. The molecule has 2 aliphatic heterocycles. The zero-order chi connectivity index (χ0) is 19.2. The van der Waals surface area contributed by atoms with Crippen molar-refractivity contribution in [2.24, 2.45) is 5.92 Å². The standard InChI is InChI=1S/C20H28N2O5/c1-2-3-8-27-18-7-5-4-6-17(18)20(25)22-10-15-9-21(12-19(23)24)11-16(22)14-26-13-15/h4-7,15-16H,2-3,8-14H2,1H3,(H,23,24)/t15-,16-/m0/s1. The number of fused-ring (bicyclic) bond motifs is 3. The number of carboxylic acid groups (broad SMARTS) is 1. The number of para-hydroxylation sites is 1. The van der Waals surface area contributed by atoms with Crippen molar-refractivity contribution < 1.29 is 24.2 Å². The summed E-state index contributed by atoms with van der Waals surface area (Å²) in [5.74, 6) is -0.199. The molecule has 2 atom stereocenters. The van der Waals surface area contributed by atoms with Crippen LogP contribution in [0.5, 0.6) is 5.75 Å². The summed E-state index contributed by atoms with van der Waals surface area (Å²) in [5, 5.41) is 9.14. The summed E-state index contributed by atoms with van der Waals surface area (Å²) in [6, 6.07) is 7.19. The second-order valence-corrected chi connectivity index (χ2v) is 7.30. The Kier molecular flexibility index (Phi) is 6.68. The fourth-order valence-corrected chi connectivity index (χ4v) is 3.76. The number of carbonyl (C=O) groups is 2. The van der Waals surface area contributed by atoms with E-state index < -0.39 is 5.97 Å². The van der Waals surface area contributed by atoms with Crippen molar-refractivity contribution in [1.82, 2.24) is 9.80 Å². The molecule has 2 heterocycles. The van der Waals surface area contributed by atoms with E-state index in [-0.39, 0.29) is 24.4 Å². The van der Waals surface area contributed by atoms with Gasteiger partial charge in [0.15, 0.2) is 0 Å².